The topological polar surface area (TPSA) is 92.2 Å². The first-order valence-electron chi connectivity index (χ1n) is 7.16. The van der Waals surface area contributed by atoms with Gasteiger partial charge >= 0.3 is 10.3 Å². The lowest BCUT2D eigenvalue weighted by atomic mass is 10.1. The molecule has 25 heavy (non-hydrogen) atoms. The highest BCUT2D eigenvalue weighted by atomic mass is 35.7. The maximum Gasteiger partial charge on any atom is 0.301 e. The fourth-order valence-electron chi connectivity index (χ4n) is 1.94. The van der Waals surface area contributed by atoms with Gasteiger partial charge in [-0.2, -0.15) is 0 Å². The van der Waals surface area contributed by atoms with Crippen molar-refractivity contribution in [1.29, 1.82) is 0 Å². The molecule has 0 aliphatic carbocycles. The summed E-state index contributed by atoms with van der Waals surface area (Å²) < 4.78 is 34.0. The molecule has 3 rings (SSSR count). The van der Waals surface area contributed by atoms with E-state index in [0.717, 1.165) is 0 Å². The summed E-state index contributed by atoms with van der Waals surface area (Å²) >= 11 is 0. The summed E-state index contributed by atoms with van der Waals surface area (Å²) in [6, 6.07) is 21.4. The zero-order valence-corrected chi connectivity index (χ0v) is 15.6. The van der Waals surface area contributed by atoms with E-state index in [1.165, 1.54) is 26.4 Å². The Bertz CT molecular complexity index is 803. The Hall–Kier alpha value is -1.64. The van der Waals surface area contributed by atoms with E-state index in [-0.39, 0.29) is 0 Å². The number of hydrogen-bond acceptors (Lipinski definition) is 5. The van der Waals surface area contributed by atoms with Crippen LogP contribution in [0.15, 0.2) is 60.7 Å². The fraction of sp³-hybridized carbons (Fsp3) is 0.0556. The lowest BCUT2D eigenvalue weighted by Crippen LogP contribution is -2.68. The van der Waals surface area contributed by atoms with Crippen LogP contribution < -0.4 is 18.6 Å². The second-order valence-electron chi connectivity index (χ2n) is 5.07. The van der Waals surface area contributed by atoms with Crippen LogP contribution in [0.5, 0.6) is 0 Å². The van der Waals surface area contributed by atoms with E-state index < -0.39 is 10.2 Å². The van der Waals surface area contributed by atoms with Crippen LogP contribution in [0.2, 0.25) is 0 Å². The van der Waals surface area contributed by atoms with Crippen molar-refractivity contribution in [3.8, 4) is 10.4 Å². The summed E-state index contributed by atoms with van der Waals surface area (Å²) in [6.07, 6.45) is 4.37. The average molecular weight is 395 g/mol. The van der Waals surface area contributed by atoms with Gasteiger partial charge in [0, 0.05) is 11.6 Å². The van der Waals surface area contributed by atoms with E-state index in [0.29, 0.717) is 0 Å². The third kappa shape index (κ3) is 7.85. The monoisotopic (exact) mass is 394 g/mol. The summed E-state index contributed by atoms with van der Waals surface area (Å²) in [5.74, 6) is 0. The van der Waals surface area contributed by atoms with Gasteiger partial charge in [0.2, 0.25) is 0 Å². The first-order valence-corrected chi connectivity index (χ1v) is 10.5. The molecule has 1 aromatic heterocycles. The Morgan fingerprint density at radius 1 is 0.880 bits per heavy atom. The van der Waals surface area contributed by atoms with Crippen molar-refractivity contribution in [2.45, 2.75) is 6.92 Å². The van der Waals surface area contributed by atoms with Gasteiger partial charge in [-0.3, -0.25) is 0 Å². The molecule has 0 aliphatic heterocycles. The minimum absolute atomic E-state index is 1.25. The number of aryl methyl sites for hydroxylation is 1. The molecule has 0 radical (unpaired) electrons. The Morgan fingerprint density at radius 3 is 2.08 bits per heavy atom. The van der Waals surface area contributed by atoms with Gasteiger partial charge in [-0.05, 0) is 30.7 Å². The fourth-order valence-corrected chi connectivity index (χ4v) is 4.20. The van der Waals surface area contributed by atoms with E-state index in [4.69, 9.17) is 18.6 Å². The van der Waals surface area contributed by atoms with E-state index >= 15 is 0 Å². The third-order valence-electron chi connectivity index (χ3n) is 3.08. The molecule has 0 atom stereocenters. The van der Waals surface area contributed by atoms with Crippen molar-refractivity contribution in [2.75, 3.05) is 0 Å². The Balaban J connectivity index is 0.000000399. The van der Waals surface area contributed by atoms with Crippen LogP contribution in [0.25, 0.3) is 22.6 Å². The van der Waals surface area contributed by atoms with Crippen LogP contribution in [0, 0.1) is 17.2 Å². The van der Waals surface area contributed by atoms with E-state index in [1.54, 1.807) is 0 Å². The maximum atomic E-state index is 8.49. The summed E-state index contributed by atoms with van der Waals surface area (Å²) in [7, 11) is -1.29. The second kappa shape index (κ2) is 9.17. The van der Waals surface area contributed by atoms with Crippen molar-refractivity contribution in [1.82, 2.24) is 0 Å². The highest BCUT2D eigenvalue weighted by Crippen LogP contribution is 2.32. The van der Waals surface area contributed by atoms with E-state index in [9.17, 15) is 0 Å². The molecule has 0 spiro atoms. The minimum atomic E-state index is -4.94. The smallest absolute Gasteiger partial charge is 0.222 e. The molecule has 0 unspecified atom stereocenters. The third-order valence-corrected chi connectivity index (χ3v) is 5.51. The number of rotatable bonds is 3. The molecular formula is C18H15ClO4S2. The minimum Gasteiger partial charge on any atom is -0.222 e. The number of benzene rings is 2. The van der Waals surface area contributed by atoms with Crippen LogP contribution in [-0.4, -0.2) is 0 Å². The lowest BCUT2D eigenvalue weighted by molar-refractivity contribution is -2.00. The molecule has 4 nitrogen and oxygen atoms in total. The molecule has 0 saturated heterocycles. The van der Waals surface area contributed by atoms with Gasteiger partial charge < -0.3 is 0 Å². The second-order valence-corrected chi connectivity index (χ2v) is 8.07. The molecule has 2 aromatic carbocycles. The summed E-state index contributed by atoms with van der Waals surface area (Å²) in [6.45, 7) is 2.11. The Labute approximate surface area is 155 Å². The van der Waals surface area contributed by atoms with E-state index in [2.05, 4.69) is 79.7 Å². The van der Waals surface area contributed by atoms with Crippen LogP contribution in [0.3, 0.4) is 0 Å². The highest BCUT2D eigenvalue weighted by molar-refractivity contribution is 7.71. The van der Waals surface area contributed by atoms with Crippen molar-refractivity contribution in [2.24, 2.45) is 0 Å². The van der Waals surface area contributed by atoms with Gasteiger partial charge in [-0.25, -0.2) is 18.6 Å². The Morgan fingerprint density at radius 2 is 1.48 bits per heavy atom. The summed E-state index contributed by atoms with van der Waals surface area (Å²) in [5, 5.41) is 0. The lowest BCUT2D eigenvalue weighted by Gasteiger charge is -2.17. The molecule has 3 aromatic rings. The molecule has 0 aliphatic rings. The molecule has 1 heterocycles. The number of halogens is 1. The first kappa shape index (κ1) is 19.7. The van der Waals surface area contributed by atoms with Crippen molar-refractivity contribution >= 4 is 32.8 Å². The average Bonchev–Trinajstić information content (AvgIpc) is 3.03. The quantitative estimate of drug-likeness (QED) is 0.496. The van der Waals surface area contributed by atoms with Crippen LogP contribution in [0.1, 0.15) is 16.0 Å². The molecule has 0 N–H and O–H groups in total. The van der Waals surface area contributed by atoms with Crippen molar-refractivity contribution in [3.63, 3.8) is 0 Å². The van der Waals surface area contributed by atoms with Crippen LogP contribution in [-0.2, 0) is 0 Å². The number of hydrogen-bond donors (Lipinski definition) is 0. The van der Waals surface area contributed by atoms with Gasteiger partial charge in [0.1, 0.15) is 0 Å². The van der Waals surface area contributed by atoms with Gasteiger partial charge in [0.25, 0.3) is 4.88 Å². The van der Waals surface area contributed by atoms with E-state index in [1.807, 2.05) is 20.7 Å². The summed E-state index contributed by atoms with van der Waals surface area (Å²) in [5.41, 5.74) is 3.84. The molecular weight excluding hydrogens is 380 g/mol. The molecule has 0 fully saturated rings. The zero-order chi connectivity index (χ0) is 18.3. The highest BCUT2D eigenvalue weighted by Gasteiger charge is 2.13. The normalized spacial score (nSPS) is 11.2. The van der Waals surface area contributed by atoms with Crippen molar-refractivity contribution in [3.05, 3.63) is 76.7 Å². The van der Waals surface area contributed by atoms with Gasteiger partial charge in [0.05, 0.1) is 4.88 Å². The molecule has 0 amide bonds. The van der Waals surface area contributed by atoms with Crippen LogP contribution in [0.4, 0.5) is 0 Å². The summed E-state index contributed by atoms with van der Waals surface area (Å²) in [4.78, 5) is 2.63. The standard InChI is InChI=1S/C18H15S2.ClHO4/c1-14-7-9-15(10-8-14)11-12-17-13-18(20-19-17)16-5-3-2-4-6-16;2-1(3,4)5/h2-13H,1H3;(H,2,3,4,5)/q+1;/p-1/b12-11+;. The van der Waals surface area contributed by atoms with Gasteiger partial charge in [-0.15, -0.1) is 10.2 Å². The first-order chi connectivity index (χ1) is 11.8. The molecule has 0 bridgehead atoms. The van der Waals surface area contributed by atoms with Crippen LogP contribution >= 0.6 is 20.7 Å². The Kier molecular flexibility index (Phi) is 7.22. The molecule has 0 saturated carbocycles. The predicted octanol–water partition coefficient (Wildman–Crippen LogP) is 1.48. The van der Waals surface area contributed by atoms with Gasteiger partial charge in [0.15, 0.2) is 10.3 Å². The maximum absolute atomic E-state index is 8.49. The SMILES string of the molecule is Cc1ccc(/C=C/c2cc(-c3ccccc3)[s+]s2)cc1.[O-][Cl+3]([O-])([O-])[O-]. The molecule has 130 valence electrons. The van der Waals surface area contributed by atoms with Gasteiger partial charge in [-0.1, -0.05) is 54.1 Å². The zero-order valence-electron chi connectivity index (χ0n) is 13.3. The molecule has 7 heteroatoms. The predicted molar refractivity (Wildman–Crippen MR) is 92.1 cm³/mol. The van der Waals surface area contributed by atoms with Crippen molar-refractivity contribution < 1.29 is 28.9 Å². The largest absolute Gasteiger partial charge is 0.301 e.